The van der Waals surface area contributed by atoms with Gasteiger partial charge in [0.15, 0.2) is 5.78 Å². The summed E-state index contributed by atoms with van der Waals surface area (Å²) in [6, 6.07) is 7.32. The number of ether oxygens (including phenoxy) is 3. The molecule has 0 N–H and O–H groups in total. The fraction of sp³-hybridized carbons (Fsp3) is 0.400. The lowest BCUT2D eigenvalue weighted by Crippen LogP contribution is -2.19. The third-order valence-corrected chi connectivity index (χ3v) is 4.53. The molecule has 1 aliphatic rings. The van der Waals surface area contributed by atoms with Crippen molar-refractivity contribution in [3.63, 3.8) is 0 Å². The van der Waals surface area contributed by atoms with Crippen LogP contribution in [-0.2, 0) is 17.7 Å². The molecule has 0 aliphatic heterocycles. The molecule has 0 radical (unpaired) electrons. The van der Waals surface area contributed by atoms with Crippen LogP contribution >= 0.6 is 0 Å². The zero-order chi connectivity index (χ0) is 18.7. The number of esters is 1. The number of benzene rings is 1. The molecule has 1 aromatic heterocycles. The van der Waals surface area contributed by atoms with Crippen molar-refractivity contribution in [2.24, 2.45) is 0 Å². The van der Waals surface area contributed by atoms with Gasteiger partial charge < -0.3 is 18.8 Å². The van der Waals surface area contributed by atoms with E-state index in [0.29, 0.717) is 35.9 Å². The van der Waals surface area contributed by atoms with E-state index >= 15 is 0 Å². The molecule has 0 atom stereocenters. The molecule has 26 heavy (non-hydrogen) atoms. The van der Waals surface area contributed by atoms with E-state index in [0.717, 1.165) is 24.0 Å². The van der Waals surface area contributed by atoms with Crippen LogP contribution in [0.2, 0.25) is 0 Å². The smallest absolute Gasteiger partial charge is 0.354 e. The van der Waals surface area contributed by atoms with Crippen molar-refractivity contribution in [2.45, 2.75) is 32.7 Å². The number of aryl methyl sites for hydroxylation is 1. The number of aromatic nitrogens is 1. The van der Waals surface area contributed by atoms with Crippen LogP contribution in [0.15, 0.2) is 24.3 Å². The van der Waals surface area contributed by atoms with E-state index in [4.69, 9.17) is 14.2 Å². The van der Waals surface area contributed by atoms with E-state index in [2.05, 4.69) is 0 Å². The van der Waals surface area contributed by atoms with E-state index in [1.54, 1.807) is 37.8 Å². The Morgan fingerprint density at radius 2 is 1.77 bits per heavy atom. The molecule has 1 aromatic carbocycles. The lowest BCUT2D eigenvalue weighted by molar-refractivity contribution is 0.0514. The molecule has 0 spiro atoms. The summed E-state index contributed by atoms with van der Waals surface area (Å²) in [7, 11) is 3.17. The van der Waals surface area contributed by atoms with E-state index < -0.39 is 5.97 Å². The fourth-order valence-electron chi connectivity index (χ4n) is 3.36. The standard InChI is InChI=1S/C20H23NO5/c1-4-26-20(23)17-10-14-6-5-7-18(22)19(14)21(17)12-13-8-15(24-2)11-16(9-13)25-3/h8-11H,4-7,12H2,1-3H3. The summed E-state index contributed by atoms with van der Waals surface area (Å²) in [4.78, 5) is 24.9. The molecule has 1 heterocycles. The fourth-order valence-corrected chi connectivity index (χ4v) is 3.36. The van der Waals surface area contributed by atoms with Crippen molar-refractivity contribution in [1.29, 1.82) is 0 Å². The second-order valence-electron chi connectivity index (χ2n) is 6.21. The number of hydrogen-bond donors (Lipinski definition) is 0. The maximum Gasteiger partial charge on any atom is 0.354 e. The first-order valence-electron chi connectivity index (χ1n) is 8.72. The third kappa shape index (κ3) is 3.45. The topological polar surface area (TPSA) is 66.8 Å². The molecule has 6 heteroatoms. The van der Waals surface area contributed by atoms with Gasteiger partial charge in [-0.1, -0.05) is 0 Å². The lowest BCUT2D eigenvalue weighted by Gasteiger charge is -2.17. The van der Waals surface area contributed by atoms with Crippen molar-refractivity contribution in [2.75, 3.05) is 20.8 Å². The highest BCUT2D eigenvalue weighted by Gasteiger charge is 2.27. The van der Waals surface area contributed by atoms with Crippen molar-refractivity contribution in [3.8, 4) is 11.5 Å². The maximum absolute atomic E-state index is 12.5. The minimum Gasteiger partial charge on any atom is -0.497 e. The van der Waals surface area contributed by atoms with Crippen LogP contribution in [0.5, 0.6) is 11.5 Å². The predicted octanol–water partition coefficient (Wildman–Crippen LogP) is 3.25. The number of carbonyl (C=O) groups is 2. The summed E-state index contributed by atoms with van der Waals surface area (Å²) in [5.74, 6) is 0.968. The number of hydrogen-bond acceptors (Lipinski definition) is 5. The summed E-state index contributed by atoms with van der Waals surface area (Å²) in [6.45, 7) is 2.42. The molecule has 138 valence electrons. The number of fused-ring (bicyclic) bond motifs is 1. The lowest BCUT2D eigenvalue weighted by atomic mass is 9.97. The van der Waals surface area contributed by atoms with Crippen molar-refractivity contribution < 1.29 is 23.8 Å². The SMILES string of the molecule is CCOC(=O)c1cc2c(n1Cc1cc(OC)cc(OC)c1)C(=O)CCC2. The first kappa shape index (κ1) is 18.0. The van der Waals surface area contributed by atoms with E-state index in [-0.39, 0.29) is 12.4 Å². The van der Waals surface area contributed by atoms with Gasteiger partial charge in [0.05, 0.1) is 26.5 Å². The monoisotopic (exact) mass is 357 g/mol. The number of ketones is 1. The van der Waals surface area contributed by atoms with Gasteiger partial charge in [0.2, 0.25) is 0 Å². The zero-order valence-corrected chi connectivity index (χ0v) is 15.3. The highest BCUT2D eigenvalue weighted by molar-refractivity contribution is 6.00. The first-order valence-corrected chi connectivity index (χ1v) is 8.72. The molecule has 0 amide bonds. The molecule has 6 nitrogen and oxygen atoms in total. The number of nitrogens with zero attached hydrogens (tertiary/aromatic N) is 1. The molecule has 2 aromatic rings. The summed E-state index contributed by atoms with van der Waals surface area (Å²) in [5.41, 5.74) is 2.82. The van der Waals surface area contributed by atoms with Gasteiger partial charge in [-0.25, -0.2) is 4.79 Å². The largest absolute Gasteiger partial charge is 0.497 e. The molecule has 0 fully saturated rings. The summed E-state index contributed by atoms with van der Waals surface area (Å²) in [6.07, 6.45) is 2.10. The molecule has 0 saturated heterocycles. The van der Waals surface area contributed by atoms with Gasteiger partial charge in [-0.05, 0) is 49.1 Å². The van der Waals surface area contributed by atoms with Gasteiger partial charge in [-0.2, -0.15) is 0 Å². The Morgan fingerprint density at radius 3 is 2.38 bits per heavy atom. The summed E-state index contributed by atoms with van der Waals surface area (Å²) >= 11 is 0. The normalized spacial score (nSPS) is 13.3. The first-order chi connectivity index (χ1) is 12.6. The van der Waals surface area contributed by atoms with E-state index in [1.165, 1.54) is 0 Å². The number of carbonyl (C=O) groups excluding carboxylic acids is 2. The third-order valence-electron chi connectivity index (χ3n) is 4.53. The highest BCUT2D eigenvalue weighted by Crippen LogP contribution is 2.29. The average Bonchev–Trinajstić information content (AvgIpc) is 3.01. The van der Waals surface area contributed by atoms with Gasteiger partial charge in [-0.15, -0.1) is 0 Å². The molecule has 0 unspecified atom stereocenters. The molecular formula is C20H23NO5. The Kier molecular flexibility index (Phi) is 5.30. The Hall–Kier alpha value is -2.76. The van der Waals surface area contributed by atoms with Crippen LogP contribution in [0.3, 0.4) is 0 Å². The van der Waals surface area contributed by atoms with Crippen LogP contribution in [0.4, 0.5) is 0 Å². The molecule has 0 bridgehead atoms. The van der Waals surface area contributed by atoms with Gasteiger partial charge in [0.1, 0.15) is 17.2 Å². The Bertz CT molecular complexity index is 815. The summed E-state index contributed by atoms with van der Waals surface area (Å²) in [5, 5.41) is 0. The van der Waals surface area contributed by atoms with Crippen LogP contribution in [0.1, 0.15) is 51.9 Å². The number of methoxy groups -OCH3 is 2. The quantitative estimate of drug-likeness (QED) is 0.743. The molecule has 3 rings (SSSR count). The van der Waals surface area contributed by atoms with E-state index in [1.807, 2.05) is 12.1 Å². The van der Waals surface area contributed by atoms with Crippen LogP contribution in [0, 0.1) is 0 Å². The average molecular weight is 357 g/mol. The predicted molar refractivity (Wildman–Crippen MR) is 96.3 cm³/mol. The van der Waals surface area contributed by atoms with Crippen LogP contribution < -0.4 is 9.47 Å². The van der Waals surface area contributed by atoms with Crippen molar-refractivity contribution >= 4 is 11.8 Å². The van der Waals surface area contributed by atoms with Crippen LogP contribution in [0.25, 0.3) is 0 Å². The van der Waals surface area contributed by atoms with Crippen molar-refractivity contribution in [3.05, 3.63) is 46.8 Å². The Balaban J connectivity index is 2.07. The van der Waals surface area contributed by atoms with Crippen molar-refractivity contribution in [1.82, 2.24) is 4.57 Å². The Morgan fingerprint density at radius 1 is 1.08 bits per heavy atom. The number of Topliss-reactive ketones (excluding diaryl/α,β-unsaturated/α-hetero) is 1. The van der Waals surface area contributed by atoms with E-state index in [9.17, 15) is 9.59 Å². The van der Waals surface area contributed by atoms with Gasteiger partial charge in [0.25, 0.3) is 0 Å². The van der Waals surface area contributed by atoms with Crippen LogP contribution in [-0.4, -0.2) is 37.1 Å². The molecule has 1 aliphatic carbocycles. The zero-order valence-electron chi connectivity index (χ0n) is 15.3. The Labute approximate surface area is 152 Å². The minimum absolute atomic E-state index is 0.0664. The van der Waals surface area contributed by atoms with Gasteiger partial charge in [-0.3, -0.25) is 4.79 Å². The highest BCUT2D eigenvalue weighted by atomic mass is 16.5. The summed E-state index contributed by atoms with van der Waals surface area (Å²) < 4.78 is 17.6. The molecule has 0 saturated carbocycles. The van der Waals surface area contributed by atoms with Gasteiger partial charge in [0, 0.05) is 19.0 Å². The minimum atomic E-state index is -0.412. The van der Waals surface area contributed by atoms with Gasteiger partial charge >= 0.3 is 5.97 Å². The second kappa shape index (κ2) is 7.64. The number of rotatable bonds is 6. The maximum atomic E-state index is 12.5. The molecular weight excluding hydrogens is 334 g/mol. The second-order valence-corrected chi connectivity index (χ2v) is 6.21.